The van der Waals surface area contributed by atoms with E-state index in [-0.39, 0.29) is 12.1 Å². The highest BCUT2D eigenvalue weighted by atomic mass is 19.1. The van der Waals surface area contributed by atoms with Crippen molar-refractivity contribution in [3.63, 3.8) is 0 Å². The summed E-state index contributed by atoms with van der Waals surface area (Å²) in [4.78, 5) is 0. The van der Waals surface area contributed by atoms with Gasteiger partial charge >= 0.3 is 0 Å². The van der Waals surface area contributed by atoms with E-state index in [4.69, 9.17) is 14.2 Å². The highest BCUT2D eigenvalue weighted by Gasteiger charge is 2.10. The van der Waals surface area contributed by atoms with Crippen LogP contribution in [0, 0.1) is 12.7 Å². The zero-order valence-electron chi connectivity index (χ0n) is 10.5. The number of aryl methyl sites for hydroxylation is 1. The normalized spacial score (nSPS) is 10.9. The van der Waals surface area contributed by atoms with Crippen LogP contribution in [0.15, 0.2) is 18.2 Å². The maximum absolute atomic E-state index is 12.9. The van der Waals surface area contributed by atoms with Crippen molar-refractivity contribution in [2.45, 2.75) is 27.1 Å². The first-order valence-electron chi connectivity index (χ1n) is 5.79. The van der Waals surface area contributed by atoms with Gasteiger partial charge in [-0.3, -0.25) is 0 Å². The SMILES string of the molecule is CCOC(COc1ccc(F)cc1C)OCC. The Kier molecular flexibility index (Phi) is 5.94. The summed E-state index contributed by atoms with van der Waals surface area (Å²) < 4.78 is 29.1. The molecule has 96 valence electrons. The highest BCUT2D eigenvalue weighted by Crippen LogP contribution is 2.18. The molecule has 0 radical (unpaired) electrons. The largest absolute Gasteiger partial charge is 0.488 e. The van der Waals surface area contributed by atoms with E-state index in [1.54, 1.807) is 13.0 Å². The fourth-order valence-electron chi connectivity index (χ4n) is 1.45. The number of hydrogen-bond donors (Lipinski definition) is 0. The summed E-state index contributed by atoms with van der Waals surface area (Å²) in [5.74, 6) is 0.386. The molecule has 4 heteroatoms. The predicted molar refractivity (Wildman–Crippen MR) is 63.7 cm³/mol. The van der Waals surface area contributed by atoms with Crippen LogP contribution in [-0.4, -0.2) is 26.1 Å². The fraction of sp³-hybridized carbons (Fsp3) is 0.538. The zero-order chi connectivity index (χ0) is 12.7. The first-order valence-corrected chi connectivity index (χ1v) is 5.79. The molecule has 0 bridgehead atoms. The number of rotatable bonds is 7. The maximum Gasteiger partial charge on any atom is 0.191 e. The van der Waals surface area contributed by atoms with Crippen LogP contribution >= 0.6 is 0 Å². The van der Waals surface area contributed by atoms with Crippen LogP contribution in [0.1, 0.15) is 19.4 Å². The lowest BCUT2D eigenvalue weighted by molar-refractivity contribution is -0.152. The monoisotopic (exact) mass is 242 g/mol. The Balaban J connectivity index is 2.52. The second-order valence-electron chi connectivity index (χ2n) is 3.56. The predicted octanol–water partition coefficient (Wildman–Crippen LogP) is 2.91. The van der Waals surface area contributed by atoms with Gasteiger partial charge in [0.25, 0.3) is 0 Å². The van der Waals surface area contributed by atoms with Crippen molar-refractivity contribution in [1.29, 1.82) is 0 Å². The van der Waals surface area contributed by atoms with Gasteiger partial charge in [-0.2, -0.15) is 0 Å². The van der Waals surface area contributed by atoms with Gasteiger partial charge in [-0.25, -0.2) is 4.39 Å². The van der Waals surface area contributed by atoms with Crippen LogP contribution in [0.2, 0.25) is 0 Å². The summed E-state index contributed by atoms with van der Waals surface area (Å²) in [6.45, 7) is 7.03. The molecular formula is C13H19FO3. The molecule has 0 aliphatic carbocycles. The summed E-state index contributed by atoms with van der Waals surface area (Å²) in [5.41, 5.74) is 0.761. The van der Waals surface area contributed by atoms with Crippen LogP contribution in [-0.2, 0) is 9.47 Å². The van der Waals surface area contributed by atoms with E-state index in [1.807, 2.05) is 13.8 Å². The van der Waals surface area contributed by atoms with Gasteiger partial charge in [0.05, 0.1) is 0 Å². The molecule has 0 unspecified atom stereocenters. The minimum absolute atomic E-state index is 0.263. The van der Waals surface area contributed by atoms with E-state index in [0.717, 1.165) is 5.56 Å². The topological polar surface area (TPSA) is 27.7 Å². The maximum atomic E-state index is 12.9. The molecule has 0 heterocycles. The molecule has 0 saturated carbocycles. The van der Waals surface area contributed by atoms with Gasteiger partial charge in [0.1, 0.15) is 18.2 Å². The minimum atomic E-state index is -0.380. The molecule has 0 amide bonds. The van der Waals surface area contributed by atoms with Crippen molar-refractivity contribution >= 4 is 0 Å². The van der Waals surface area contributed by atoms with Crippen LogP contribution in [0.5, 0.6) is 5.75 Å². The molecule has 17 heavy (non-hydrogen) atoms. The minimum Gasteiger partial charge on any atom is -0.488 e. The Labute approximate surface area is 101 Å². The number of ether oxygens (including phenoxy) is 3. The second kappa shape index (κ2) is 7.25. The molecule has 0 spiro atoms. The molecule has 0 N–H and O–H groups in total. The van der Waals surface area contributed by atoms with Crippen LogP contribution in [0.25, 0.3) is 0 Å². The molecular weight excluding hydrogens is 223 g/mol. The van der Waals surface area contributed by atoms with Crippen molar-refractivity contribution in [2.75, 3.05) is 19.8 Å². The van der Waals surface area contributed by atoms with Gasteiger partial charge in [0, 0.05) is 13.2 Å². The van der Waals surface area contributed by atoms with Crippen molar-refractivity contribution in [1.82, 2.24) is 0 Å². The average Bonchev–Trinajstić information content (AvgIpc) is 2.28. The van der Waals surface area contributed by atoms with Crippen molar-refractivity contribution in [3.8, 4) is 5.75 Å². The molecule has 3 nitrogen and oxygen atoms in total. The molecule has 0 aliphatic heterocycles. The molecule has 1 aromatic carbocycles. The number of hydrogen-bond acceptors (Lipinski definition) is 3. The summed E-state index contributed by atoms with van der Waals surface area (Å²) >= 11 is 0. The van der Waals surface area contributed by atoms with Gasteiger partial charge in [-0.15, -0.1) is 0 Å². The summed E-state index contributed by atoms with van der Waals surface area (Å²) in [6.07, 6.45) is -0.380. The summed E-state index contributed by atoms with van der Waals surface area (Å²) in [5, 5.41) is 0. The van der Waals surface area contributed by atoms with Gasteiger partial charge in [0.15, 0.2) is 6.29 Å². The molecule has 0 saturated heterocycles. The van der Waals surface area contributed by atoms with Gasteiger partial charge in [-0.1, -0.05) is 0 Å². The molecule has 1 aromatic rings. The first-order chi connectivity index (χ1) is 8.17. The Morgan fingerprint density at radius 3 is 2.35 bits per heavy atom. The number of halogens is 1. The molecule has 0 aromatic heterocycles. The van der Waals surface area contributed by atoms with Gasteiger partial charge < -0.3 is 14.2 Å². The first kappa shape index (κ1) is 13.9. The van der Waals surface area contributed by atoms with E-state index in [2.05, 4.69) is 0 Å². The Hall–Kier alpha value is -1.13. The Morgan fingerprint density at radius 1 is 1.18 bits per heavy atom. The quantitative estimate of drug-likeness (QED) is 0.688. The molecule has 1 rings (SSSR count). The molecule has 0 fully saturated rings. The van der Waals surface area contributed by atoms with E-state index < -0.39 is 0 Å². The van der Waals surface area contributed by atoms with Gasteiger partial charge in [-0.05, 0) is 44.5 Å². The lowest BCUT2D eigenvalue weighted by atomic mass is 10.2. The van der Waals surface area contributed by atoms with E-state index in [9.17, 15) is 4.39 Å². The van der Waals surface area contributed by atoms with Gasteiger partial charge in [0.2, 0.25) is 0 Å². The van der Waals surface area contributed by atoms with Crippen LogP contribution < -0.4 is 4.74 Å². The fourth-order valence-corrected chi connectivity index (χ4v) is 1.45. The lowest BCUT2D eigenvalue weighted by Gasteiger charge is -2.18. The zero-order valence-corrected chi connectivity index (χ0v) is 10.5. The summed E-state index contributed by atoms with van der Waals surface area (Å²) in [6, 6.07) is 4.42. The highest BCUT2D eigenvalue weighted by molar-refractivity contribution is 5.32. The van der Waals surface area contributed by atoms with Crippen LogP contribution in [0.4, 0.5) is 4.39 Å². The molecule has 0 aliphatic rings. The smallest absolute Gasteiger partial charge is 0.191 e. The third-order valence-electron chi connectivity index (χ3n) is 2.22. The second-order valence-corrected chi connectivity index (χ2v) is 3.56. The molecule has 0 atom stereocenters. The third kappa shape index (κ3) is 4.71. The van der Waals surface area contributed by atoms with Crippen LogP contribution in [0.3, 0.4) is 0 Å². The summed E-state index contributed by atoms with van der Waals surface area (Å²) in [7, 11) is 0. The van der Waals surface area contributed by atoms with Crippen molar-refractivity contribution < 1.29 is 18.6 Å². The number of benzene rings is 1. The standard InChI is InChI=1S/C13H19FO3/c1-4-15-13(16-5-2)9-17-12-7-6-11(14)8-10(12)3/h6-8,13H,4-5,9H2,1-3H3. The van der Waals surface area contributed by atoms with E-state index in [1.165, 1.54) is 12.1 Å². The Morgan fingerprint density at radius 2 is 1.82 bits per heavy atom. The van der Waals surface area contributed by atoms with E-state index >= 15 is 0 Å². The Bertz CT molecular complexity index is 335. The van der Waals surface area contributed by atoms with Crippen molar-refractivity contribution in [3.05, 3.63) is 29.6 Å². The third-order valence-corrected chi connectivity index (χ3v) is 2.22. The van der Waals surface area contributed by atoms with Crippen molar-refractivity contribution in [2.24, 2.45) is 0 Å². The lowest BCUT2D eigenvalue weighted by Crippen LogP contribution is -2.25. The average molecular weight is 242 g/mol. The van der Waals surface area contributed by atoms with E-state index in [0.29, 0.717) is 25.6 Å².